The summed E-state index contributed by atoms with van der Waals surface area (Å²) in [5.74, 6) is 1.02. The predicted octanol–water partition coefficient (Wildman–Crippen LogP) is 2.80. The van der Waals surface area contributed by atoms with E-state index in [-0.39, 0.29) is 0 Å². The molecule has 0 amide bonds. The molecule has 2 rings (SSSR count). The minimum Gasteiger partial charge on any atom is -0.497 e. The van der Waals surface area contributed by atoms with Gasteiger partial charge in [-0.2, -0.15) is 5.26 Å². The van der Waals surface area contributed by atoms with Crippen LogP contribution in [0.1, 0.15) is 5.56 Å². The molecule has 0 fully saturated rings. The van der Waals surface area contributed by atoms with Crippen LogP contribution in [0.4, 0.5) is 5.82 Å². The van der Waals surface area contributed by atoms with Crippen molar-refractivity contribution < 1.29 is 4.74 Å². The zero-order valence-electron chi connectivity index (χ0n) is 9.12. The molecule has 1 heterocycles. The third-order valence-corrected chi connectivity index (χ3v) is 2.75. The van der Waals surface area contributed by atoms with Crippen molar-refractivity contribution in [1.82, 2.24) is 4.98 Å². The molecule has 0 aliphatic heterocycles. The second-order valence-corrected chi connectivity index (χ2v) is 3.88. The van der Waals surface area contributed by atoms with Gasteiger partial charge < -0.3 is 15.5 Å². The van der Waals surface area contributed by atoms with Gasteiger partial charge in [-0.3, -0.25) is 0 Å². The third-order valence-electron chi connectivity index (χ3n) is 2.44. The summed E-state index contributed by atoms with van der Waals surface area (Å²) in [6.45, 7) is 0. The summed E-state index contributed by atoms with van der Waals surface area (Å²) in [4.78, 5) is 2.92. The molecule has 0 saturated carbocycles. The van der Waals surface area contributed by atoms with Crippen molar-refractivity contribution in [3.63, 3.8) is 0 Å². The van der Waals surface area contributed by atoms with Gasteiger partial charge in [0, 0.05) is 11.3 Å². The van der Waals surface area contributed by atoms with Crippen LogP contribution in [-0.4, -0.2) is 12.1 Å². The maximum atomic E-state index is 8.83. The number of hydrogen-bond acceptors (Lipinski definition) is 3. The first-order valence-corrected chi connectivity index (χ1v) is 5.26. The average molecular weight is 248 g/mol. The smallest absolute Gasteiger partial charge is 0.120 e. The SMILES string of the molecule is COc1ccc(-c2cc(C#N)c(N)[nH]2)c(Cl)c1. The van der Waals surface area contributed by atoms with Gasteiger partial charge in [-0.15, -0.1) is 0 Å². The van der Waals surface area contributed by atoms with Gasteiger partial charge in [0.15, 0.2) is 0 Å². The maximum Gasteiger partial charge on any atom is 0.120 e. The lowest BCUT2D eigenvalue weighted by atomic mass is 10.1. The Bertz CT molecular complexity index is 598. The molecule has 0 aliphatic rings. The number of nitrogens with one attached hydrogen (secondary N) is 1. The van der Waals surface area contributed by atoms with Gasteiger partial charge in [0.05, 0.1) is 17.7 Å². The van der Waals surface area contributed by atoms with E-state index in [1.165, 1.54) is 0 Å². The highest BCUT2D eigenvalue weighted by molar-refractivity contribution is 6.33. The topological polar surface area (TPSA) is 74.8 Å². The molecule has 5 heteroatoms. The average Bonchev–Trinajstić information content (AvgIpc) is 2.70. The Labute approximate surface area is 104 Å². The van der Waals surface area contributed by atoms with E-state index in [4.69, 9.17) is 27.3 Å². The molecule has 0 saturated heterocycles. The first-order valence-electron chi connectivity index (χ1n) is 4.88. The number of methoxy groups -OCH3 is 1. The fourth-order valence-corrected chi connectivity index (χ4v) is 1.82. The van der Waals surface area contributed by atoms with E-state index in [0.29, 0.717) is 27.8 Å². The van der Waals surface area contributed by atoms with Crippen LogP contribution >= 0.6 is 11.6 Å². The van der Waals surface area contributed by atoms with Crippen molar-refractivity contribution in [2.24, 2.45) is 0 Å². The Balaban J connectivity index is 2.50. The van der Waals surface area contributed by atoms with Gasteiger partial charge in [-0.1, -0.05) is 11.6 Å². The molecular weight excluding hydrogens is 238 g/mol. The third kappa shape index (κ3) is 2.05. The summed E-state index contributed by atoms with van der Waals surface area (Å²) < 4.78 is 5.06. The Hall–Kier alpha value is -2.12. The second kappa shape index (κ2) is 4.40. The number of anilines is 1. The number of nitrogens with two attached hydrogens (primary N) is 1. The summed E-state index contributed by atoms with van der Waals surface area (Å²) in [6.07, 6.45) is 0. The number of nitrogen functional groups attached to an aromatic ring is 1. The molecule has 17 heavy (non-hydrogen) atoms. The molecule has 86 valence electrons. The highest BCUT2D eigenvalue weighted by atomic mass is 35.5. The maximum absolute atomic E-state index is 8.83. The lowest BCUT2D eigenvalue weighted by molar-refractivity contribution is 0.415. The molecule has 0 radical (unpaired) electrons. The number of rotatable bonds is 2. The second-order valence-electron chi connectivity index (χ2n) is 3.47. The zero-order valence-corrected chi connectivity index (χ0v) is 9.88. The molecule has 0 bridgehead atoms. The van der Waals surface area contributed by atoms with E-state index < -0.39 is 0 Å². The van der Waals surface area contributed by atoms with Crippen molar-refractivity contribution in [2.45, 2.75) is 0 Å². The standard InChI is InChI=1S/C12H10ClN3O/c1-17-8-2-3-9(10(13)5-8)11-4-7(6-14)12(15)16-11/h2-5,16H,15H2,1H3. The van der Waals surface area contributed by atoms with Crippen LogP contribution < -0.4 is 10.5 Å². The Morgan fingerprint density at radius 1 is 1.41 bits per heavy atom. The highest BCUT2D eigenvalue weighted by Crippen LogP contribution is 2.32. The van der Waals surface area contributed by atoms with Crippen LogP contribution in [0.5, 0.6) is 5.75 Å². The number of nitriles is 1. The number of hydrogen-bond donors (Lipinski definition) is 2. The molecule has 0 unspecified atom stereocenters. The lowest BCUT2D eigenvalue weighted by Gasteiger charge is -2.04. The molecule has 0 spiro atoms. The van der Waals surface area contributed by atoms with Crippen molar-refractivity contribution in [3.05, 3.63) is 34.9 Å². The van der Waals surface area contributed by atoms with Gasteiger partial charge in [0.2, 0.25) is 0 Å². The number of halogens is 1. The first-order chi connectivity index (χ1) is 8.15. The number of ether oxygens (including phenoxy) is 1. The quantitative estimate of drug-likeness (QED) is 0.857. The number of H-pyrrole nitrogens is 1. The Morgan fingerprint density at radius 3 is 2.71 bits per heavy atom. The zero-order chi connectivity index (χ0) is 12.4. The fraction of sp³-hybridized carbons (Fsp3) is 0.0833. The van der Waals surface area contributed by atoms with Crippen molar-refractivity contribution >= 4 is 17.4 Å². The summed E-state index contributed by atoms with van der Waals surface area (Å²) in [5, 5.41) is 9.36. The number of nitrogens with zero attached hydrogens (tertiary/aromatic N) is 1. The van der Waals surface area contributed by atoms with E-state index in [1.807, 2.05) is 12.1 Å². The van der Waals surface area contributed by atoms with Crippen molar-refractivity contribution in [2.75, 3.05) is 12.8 Å². The van der Waals surface area contributed by atoms with E-state index >= 15 is 0 Å². The van der Waals surface area contributed by atoms with Gasteiger partial charge in [0.1, 0.15) is 17.6 Å². The number of aromatic amines is 1. The molecular formula is C12H10ClN3O. The van der Waals surface area contributed by atoms with Crippen LogP contribution in [-0.2, 0) is 0 Å². The molecule has 0 aliphatic carbocycles. The van der Waals surface area contributed by atoms with Crippen molar-refractivity contribution in [3.8, 4) is 23.1 Å². The van der Waals surface area contributed by atoms with Crippen LogP contribution in [0.15, 0.2) is 24.3 Å². The van der Waals surface area contributed by atoms with Crippen LogP contribution in [0, 0.1) is 11.3 Å². The molecule has 1 aromatic carbocycles. The first kappa shape index (κ1) is 11.4. The summed E-state index contributed by atoms with van der Waals surface area (Å²) in [5.41, 5.74) is 7.55. The fourth-order valence-electron chi connectivity index (χ4n) is 1.55. The Morgan fingerprint density at radius 2 is 2.18 bits per heavy atom. The van der Waals surface area contributed by atoms with Gasteiger partial charge in [0.25, 0.3) is 0 Å². The minimum absolute atomic E-state index is 0.342. The van der Waals surface area contributed by atoms with Crippen molar-refractivity contribution in [1.29, 1.82) is 5.26 Å². The molecule has 4 nitrogen and oxygen atoms in total. The molecule has 2 aromatic rings. The van der Waals surface area contributed by atoms with Crippen LogP contribution in [0.25, 0.3) is 11.3 Å². The van der Waals surface area contributed by atoms with Crippen LogP contribution in [0.2, 0.25) is 5.02 Å². The van der Waals surface area contributed by atoms with Gasteiger partial charge in [-0.05, 0) is 24.3 Å². The highest BCUT2D eigenvalue weighted by Gasteiger charge is 2.10. The summed E-state index contributed by atoms with van der Waals surface area (Å²) >= 11 is 6.12. The summed E-state index contributed by atoms with van der Waals surface area (Å²) in [6, 6.07) is 8.99. The van der Waals surface area contributed by atoms with Gasteiger partial charge in [-0.25, -0.2) is 0 Å². The van der Waals surface area contributed by atoms with Gasteiger partial charge >= 0.3 is 0 Å². The largest absolute Gasteiger partial charge is 0.497 e. The number of aromatic nitrogens is 1. The number of benzene rings is 1. The lowest BCUT2D eigenvalue weighted by Crippen LogP contribution is -1.87. The minimum atomic E-state index is 0.342. The van der Waals surface area contributed by atoms with Crippen LogP contribution in [0.3, 0.4) is 0 Å². The monoisotopic (exact) mass is 247 g/mol. The van der Waals surface area contributed by atoms with E-state index in [0.717, 1.165) is 5.56 Å². The van der Waals surface area contributed by atoms with E-state index in [1.54, 1.807) is 25.3 Å². The normalized spacial score (nSPS) is 9.94. The van der Waals surface area contributed by atoms with E-state index in [9.17, 15) is 0 Å². The summed E-state index contributed by atoms with van der Waals surface area (Å²) in [7, 11) is 1.58. The molecule has 0 atom stereocenters. The van der Waals surface area contributed by atoms with E-state index in [2.05, 4.69) is 4.98 Å². The molecule has 3 N–H and O–H groups in total. The Kier molecular flexibility index (Phi) is 2.94. The predicted molar refractivity (Wildman–Crippen MR) is 66.9 cm³/mol. The molecule has 1 aromatic heterocycles.